The Morgan fingerprint density at radius 2 is 0.966 bits per heavy atom. The molecular formula is C21H26O6P2. The van der Waals surface area contributed by atoms with E-state index in [1.807, 2.05) is 74.5 Å². The van der Waals surface area contributed by atoms with Crippen LogP contribution in [0.3, 0.4) is 0 Å². The topological polar surface area (TPSA) is 71.1 Å². The molecule has 0 aliphatic carbocycles. The molecule has 2 aromatic rings. The fourth-order valence-electron chi connectivity index (χ4n) is 3.51. The van der Waals surface area contributed by atoms with Crippen molar-refractivity contribution in [2.24, 2.45) is 5.41 Å². The molecule has 0 amide bonds. The van der Waals surface area contributed by atoms with E-state index in [4.69, 9.17) is 18.1 Å². The van der Waals surface area contributed by atoms with Crippen molar-refractivity contribution in [3.8, 4) is 0 Å². The van der Waals surface area contributed by atoms with E-state index in [2.05, 4.69) is 0 Å². The summed E-state index contributed by atoms with van der Waals surface area (Å²) in [5.41, 5.74) is 0.480. The maximum Gasteiger partial charge on any atom is 0.337 e. The Kier molecular flexibility index (Phi) is 5.87. The highest BCUT2D eigenvalue weighted by molar-refractivity contribution is 7.54. The molecule has 4 rings (SSSR count). The van der Waals surface area contributed by atoms with Gasteiger partial charge in [0.15, 0.2) is 0 Å². The monoisotopic (exact) mass is 436 g/mol. The fraction of sp³-hybridized carbons (Fsp3) is 0.429. The molecule has 2 fully saturated rings. The Hall–Kier alpha value is -1.26. The summed E-state index contributed by atoms with van der Waals surface area (Å²) in [4.78, 5) is 0. The molecule has 0 saturated carbocycles. The van der Waals surface area contributed by atoms with E-state index < -0.39 is 20.6 Å². The van der Waals surface area contributed by atoms with Gasteiger partial charge in [0, 0.05) is 0 Å². The van der Waals surface area contributed by atoms with Crippen LogP contribution in [0.5, 0.6) is 0 Å². The molecule has 156 valence electrons. The van der Waals surface area contributed by atoms with Crippen molar-refractivity contribution < 1.29 is 27.2 Å². The van der Waals surface area contributed by atoms with E-state index in [9.17, 15) is 9.13 Å². The van der Waals surface area contributed by atoms with E-state index in [0.29, 0.717) is 0 Å². The highest BCUT2D eigenvalue weighted by Crippen LogP contribution is 2.68. The minimum atomic E-state index is -3.30. The zero-order valence-corrected chi connectivity index (χ0v) is 18.4. The van der Waals surface area contributed by atoms with Gasteiger partial charge in [0.1, 0.15) is 0 Å². The minimum absolute atomic E-state index is 0.182. The molecule has 0 aromatic heterocycles. The van der Waals surface area contributed by atoms with Gasteiger partial charge < -0.3 is 18.1 Å². The molecule has 2 aromatic carbocycles. The summed E-state index contributed by atoms with van der Waals surface area (Å²) in [6.07, 6.45) is 0. The molecule has 2 saturated heterocycles. The summed E-state index contributed by atoms with van der Waals surface area (Å²) < 4.78 is 49.5. The number of hydrogen-bond acceptors (Lipinski definition) is 6. The molecule has 0 bridgehead atoms. The first kappa shape index (κ1) is 21.0. The largest absolute Gasteiger partial charge is 0.337 e. The Labute approximate surface area is 171 Å². The van der Waals surface area contributed by atoms with Gasteiger partial charge in [0.25, 0.3) is 0 Å². The van der Waals surface area contributed by atoms with E-state index in [-0.39, 0.29) is 37.7 Å². The zero-order valence-electron chi connectivity index (χ0n) is 16.6. The van der Waals surface area contributed by atoms with Crippen LogP contribution < -0.4 is 0 Å². The summed E-state index contributed by atoms with van der Waals surface area (Å²) in [7, 11) is -6.60. The van der Waals surface area contributed by atoms with Crippen molar-refractivity contribution in [2.75, 3.05) is 26.4 Å². The molecule has 6 nitrogen and oxygen atoms in total. The number of rotatable bonds is 4. The third kappa shape index (κ3) is 4.16. The van der Waals surface area contributed by atoms with E-state index in [0.717, 1.165) is 11.1 Å². The van der Waals surface area contributed by atoms with Crippen LogP contribution in [0.2, 0.25) is 0 Å². The third-order valence-electron chi connectivity index (χ3n) is 5.72. The summed E-state index contributed by atoms with van der Waals surface area (Å²) in [5.74, 6) is 0. The molecule has 0 radical (unpaired) electrons. The first-order chi connectivity index (χ1) is 13.9. The molecule has 29 heavy (non-hydrogen) atoms. The van der Waals surface area contributed by atoms with Gasteiger partial charge in [-0.05, 0) is 25.0 Å². The smallest absolute Gasteiger partial charge is 0.307 e. The standard InChI is InChI=1S/C21H26O6P2/c1-17(19-9-5-3-6-10-19)28(22)24-13-21(14-25-28)15-26-29(23,27-16-21)18(2)20-11-7-4-8-12-20/h3-12,17-18H,13-16H2,1-2H3. The number of hydrogen-bond donors (Lipinski definition) is 0. The normalized spacial score (nSPS) is 34.6. The van der Waals surface area contributed by atoms with E-state index in [1.54, 1.807) is 0 Å². The SMILES string of the molecule is CC(c1ccccc1)P1(=O)OCC2(CO1)COP(=O)(C(C)c1ccccc1)OC2. The predicted octanol–water partition coefficient (Wildman–Crippen LogP) is 5.98. The van der Waals surface area contributed by atoms with Gasteiger partial charge in [0.2, 0.25) is 0 Å². The van der Waals surface area contributed by atoms with Gasteiger partial charge in [-0.15, -0.1) is 0 Å². The first-order valence-electron chi connectivity index (χ1n) is 9.73. The molecule has 2 heterocycles. The van der Waals surface area contributed by atoms with Crippen LogP contribution in [0.15, 0.2) is 60.7 Å². The van der Waals surface area contributed by atoms with Crippen molar-refractivity contribution in [3.05, 3.63) is 71.8 Å². The summed E-state index contributed by atoms with van der Waals surface area (Å²) in [5, 5.41) is 0. The van der Waals surface area contributed by atoms with Gasteiger partial charge in [-0.2, -0.15) is 0 Å². The lowest BCUT2D eigenvalue weighted by molar-refractivity contribution is -0.0708. The summed E-state index contributed by atoms with van der Waals surface area (Å²) in [6, 6.07) is 19.1. The Bertz CT molecular complexity index is 828. The third-order valence-corrected chi connectivity index (χ3v) is 10.2. The average molecular weight is 436 g/mol. The Morgan fingerprint density at radius 1 is 0.655 bits per heavy atom. The van der Waals surface area contributed by atoms with Crippen LogP contribution in [-0.4, -0.2) is 26.4 Å². The van der Waals surface area contributed by atoms with Crippen molar-refractivity contribution in [3.63, 3.8) is 0 Å². The fourth-order valence-corrected chi connectivity index (χ4v) is 7.44. The maximum absolute atomic E-state index is 13.2. The molecule has 1 spiro atoms. The second-order valence-corrected chi connectivity index (χ2v) is 12.6. The lowest BCUT2D eigenvalue weighted by Gasteiger charge is -2.44. The lowest BCUT2D eigenvalue weighted by Crippen LogP contribution is -2.46. The molecule has 2 aliphatic rings. The van der Waals surface area contributed by atoms with Gasteiger partial charge in [-0.25, -0.2) is 0 Å². The highest BCUT2D eigenvalue weighted by atomic mass is 31.2. The van der Waals surface area contributed by atoms with Gasteiger partial charge >= 0.3 is 15.2 Å². The number of benzene rings is 2. The van der Waals surface area contributed by atoms with Crippen LogP contribution in [-0.2, 0) is 27.2 Å². The molecule has 8 heteroatoms. The second kappa shape index (κ2) is 8.11. The van der Waals surface area contributed by atoms with E-state index in [1.165, 1.54) is 0 Å². The molecule has 2 atom stereocenters. The van der Waals surface area contributed by atoms with Crippen LogP contribution in [0.4, 0.5) is 0 Å². The van der Waals surface area contributed by atoms with Gasteiger partial charge in [-0.1, -0.05) is 60.7 Å². The average Bonchev–Trinajstić information content (AvgIpc) is 2.78. The molecular weight excluding hydrogens is 410 g/mol. The van der Waals surface area contributed by atoms with Crippen molar-refractivity contribution >= 4 is 15.2 Å². The first-order valence-corrected chi connectivity index (χ1v) is 13.0. The van der Waals surface area contributed by atoms with Gasteiger partial charge in [-0.3, -0.25) is 9.13 Å². The van der Waals surface area contributed by atoms with E-state index >= 15 is 0 Å². The lowest BCUT2D eigenvalue weighted by atomic mass is 9.93. The van der Waals surface area contributed by atoms with Gasteiger partial charge in [0.05, 0.1) is 43.2 Å². The molecule has 0 N–H and O–H groups in total. The van der Waals surface area contributed by atoms with Crippen LogP contribution in [0.1, 0.15) is 36.3 Å². The van der Waals surface area contributed by atoms with Crippen LogP contribution >= 0.6 is 15.2 Å². The summed E-state index contributed by atoms with van der Waals surface area (Å²) >= 11 is 0. The van der Waals surface area contributed by atoms with Crippen molar-refractivity contribution in [1.82, 2.24) is 0 Å². The Morgan fingerprint density at radius 3 is 1.28 bits per heavy atom. The Balaban J connectivity index is 1.40. The van der Waals surface area contributed by atoms with Crippen molar-refractivity contribution in [2.45, 2.75) is 25.2 Å². The molecule has 2 unspecified atom stereocenters. The van der Waals surface area contributed by atoms with Crippen LogP contribution in [0, 0.1) is 5.41 Å². The maximum atomic E-state index is 13.2. The van der Waals surface area contributed by atoms with Crippen molar-refractivity contribution in [1.29, 1.82) is 0 Å². The second-order valence-electron chi connectivity index (χ2n) is 7.85. The zero-order chi connectivity index (χ0) is 20.5. The highest BCUT2D eigenvalue weighted by Gasteiger charge is 2.51. The minimum Gasteiger partial charge on any atom is -0.307 e. The van der Waals surface area contributed by atoms with Crippen LogP contribution in [0.25, 0.3) is 0 Å². The quantitative estimate of drug-likeness (QED) is 0.550. The predicted molar refractivity (Wildman–Crippen MR) is 111 cm³/mol. The summed E-state index contributed by atoms with van der Waals surface area (Å²) in [6.45, 7) is 4.42. The molecule has 2 aliphatic heterocycles.